The molecule has 0 bridgehead atoms. The van der Waals surface area contributed by atoms with Crippen LogP contribution in [0.25, 0.3) is 0 Å². The first-order chi connectivity index (χ1) is 9.24. The minimum atomic E-state index is -3.46. The summed E-state index contributed by atoms with van der Waals surface area (Å²) in [6, 6.07) is 4.02. The van der Waals surface area contributed by atoms with Gasteiger partial charge in [0.2, 0.25) is 0 Å². The molecule has 112 valence electrons. The van der Waals surface area contributed by atoms with E-state index in [1.807, 2.05) is 0 Å². The number of halogens is 1. The number of nitrogens with one attached hydrogen (secondary N) is 2. The second-order valence-electron chi connectivity index (χ2n) is 4.03. The second-order valence-corrected chi connectivity index (χ2v) is 6.41. The number of benzene rings is 1. The number of hydrogen-bond donors (Lipinski definition) is 2. The van der Waals surface area contributed by atoms with Gasteiger partial charge in [-0.3, -0.25) is 10.1 Å². The minimum absolute atomic E-state index is 0.103. The van der Waals surface area contributed by atoms with Crippen LogP contribution in [0, 0.1) is 10.1 Å². The zero-order chi connectivity index (χ0) is 15.3. The standard InChI is InChI=1S/C10H15ClN4O4S/c1-14(2)20(18,19)13-6-5-12-10-4-3-8(15(16)17)7-9(10)11/h3-4,7,12-13H,5-6H2,1-2H3. The molecule has 1 aromatic rings. The molecule has 0 fully saturated rings. The summed E-state index contributed by atoms with van der Waals surface area (Å²) in [7, 11) is -0.620. The van der Waals surface area contributed by atoms with Crippen molar-refractivity contribution in [1.82, 2.24) is 9.03 Å². The third kappa shape index (κ3) is 4.60. The van der Waals surface area contributed by atoms with E-state index in [1.54, 1.807) is 0 Å². The number of hydrogen-bond acceptors (Lipinski definition) is 5. The normalized spacial score (nSPS) is 11.6. The molecule has 0 aliphatic carbocycles. The Bertz CT molecular complexity index is 591. The van der Waals surface area contributed by atoms with Crippen LogP contribution in [0.15, 0.2) is 18.2 Å². The van der Waals surface area contributed by atoms with Gasteiger partial charge in [0, 0.05) is 39.3 Å². The zero-order valence-electron chi connectivity index (χ0n) is 11.0. The minimum Gasteiger partial charge on any atom is -0.383 e. The maximum Gasteiger partial charge on any atom is 0.278 e. The van der Waals surface area contributed by atoms with Crippen LogP contribution in [0.2, 0.25) is 5.02 Å². The fraction of sp³-hybridized carbons (Fsp3) is 0.400. The maximum absolute atomic E-state index is 11.4. The first kappa shape index (κ1) is 16.6. The van der Waals surface area contributed by atoms with Gasteiger partial charge in [0.1, 0.15) is 0 Å². The van der Waals surface area contributed by atoms with Gasteiger partial charge in [-0.25, -0.2) is 4.72 Å². The van der Waals surface area contributed by atoms with E-state index in [4.69, 9.17) is 11.6 Å². The van der Waals surface area contributed by atoms with Gasteiger partial charge in [-0.05, 0) is 6.07 Å². The van der Waals surface area contributed by atoms with Crippen molar-refractivity contribution in [3.63, 3.8) is 0 Å². The highest BCUT2D eigenvalue weighted by atomic mass is 35.5. The van der Waals surface area contributed by atoms with Crippen LogP contribution >= 0.6 is 11.6 Å². The van der Waals surface area contributed by atoms with Crippen molar-refractivity contribution in [3.8, 4) is 0 Å². The lowest BCUT2D eigenvalue weighted by molar-refractivity contribution is -0.384. The summed E-state index contributed by atoms with van der Waals surface area (Å²) in [6.45, 7) is 0.457. The van der Waals surface area contributed by atoms with Crippen molar-refractivity contribution in [2.24, 2.45) is 0 Å². The SMILES string of the molecule is CN(C)S(=O)(=O)NCCNc1ccc([N+](=O)[O-])cc1Cl. The second kappa shape index (κ2) is 6.84. The monoisotopic (exact) mass is 322 g/mol. The summed E-state index contributed by atoms with van der Waals surface area (Å²) < 4.78 is 26.3. The van der Waals surface area contributed by atoms with Crippen LogP contribution in [-0.2, 0) is 10.2 Å². The number of nitrogens with zero attached hydrogens (tertiary/aromatic N) is 2. The van der Waals surface area contributed by atoms with E-state index in [1.165, 1.54) is 32.3 Å². The molecular weight excluding hydrogens is 308 g/mol. The molecule has 10 heteroatoms. The Morgan fingerprint density at radius 3 is 2.50 bits per heavy atom. The van der Waals surface area contributed by atoms with Crippen LogP contribution in [0.1, 0.15) is 0 Å². The molecule has 1 rings (SSSR count). The van der Waals surface area contributed by atoms with Crippen LogP contribution < -0.4 is 10.0 Å². The third-order valence-corrected chi connectivity index (χ3v) is 4.21. The smallest absolute Gasteiger partial charge is 0.278 e. The molecule has 0 aromatic heterocycles. The van der Waals surface area contributed by atoms with Crippen LogP contribution in [0.5, 0.6) is 0 Å². The number of rotatable bonds is 7. The zero-order valence-corrected chi connectivity index (χ0v) is 12.5. The van der Waals surface area contributed by atoms with Gasteiger partial charge < -0.3 is 5.32 Å². The predicted molar refractivity (Wildman–Crippen MR) is 77.2 cm³/mol. The summed E-state index contributed by atoms with van der Waals surface area (Å²) in [4.78, 5) is 10.0. The number of non-ortho nitro benzene ring substituents is 1. The summed E-state index contributed by atoms with van der Waals surface area (Å²) >= 11 is 5.88. The Morgan fingerprint density at radius 1 is 1.35 bits per heavy atom. The summed E-state index contributed by atoms with van der Waals surface area (Å²) in [5.41, 5.74) is 0.398. The van der Waals surface area contributed by atoms with Crippen LogP contribution in [0.4, 0.5) is 11.4 Å². The Hall–Kier alpha value is -1.42. The Balaban J connectivity index is 2.53. The molecule has 2 N–H and O–H groups in total. The van der Waals surface area contributed by atoms with Crippen LogP contribution in [0.3, 0.4) is 0 Å². The van der Waals surface area contributed by atoms with E-state index in [0.29, 0.717) is 12.2 Å². The van der Waals surface area contributed by atoms with E-state index in [-0.39, 0.29) is 17.3 Å². The highest BCUT2D eigenvalue weighted by Crippen LogP contribution is 2.26. The molecule has 20 heavy (non-hydrogen) atoms. The first-order valence-corrected chi connectivity index (χ1v) is 7.41. The molecule has 0 spiro atoms. The molecule has 1 aromatic carbocycles. The van der Waals surface area contributed by atoms with E-state index >= 15 is 0 Å². The first-order valence-electron chi connectivity index (χ1n) is 5.59. The lowest BCUT2D eigenvalue weighted by Crippen LogP contribution is -2.38. The summed E-state index contributed by atoms with van der Waals surface area (Å²) in [6.07, 6.45) is 0. The van der Waals surface area contributed by atoms with Crippen molar-refractivity contribution < 1.29 is 13.3 Å². The predicted octanol–water partition coefficient (Wildman–Crippen LogP) is 1.06. The Kier molecular flexibility index (Phi) is 5.69. The quantitative estimate of drug-likeness (QED) is 0.443. The van der Waals surface area contributed by atoms with Gasteiger partial charge in [-0.15, -0.1) is 0 Å². The Morgan fingerprint density at radius 2 is 2.00 bits per heavy atom. The van der Waals surface area contributed by atoms with Crippen LogP contribution in [-0.4, -0.2) is 44.8 Å². The number of nitro benzene ring substituents is 1. The molecule has 0 amide bonds. The molecule has 0 heterocycles. The van der Waals surface area contributed by atoms with E-state index in [2.05, 4.69) is 10.0 Å². The lowest BCUT2D eigenvalue weighted by atomic mass is 10.3. The van der Waals surface area contributed by atoms with Crippen molar-refractivity contribution in [3.05, 3.63) is 33.3 Å². The highest BCUT2D eigenvalue weighted by molar-refractivity contribution is 7.87. The van der Waals surface area contributed by atoms with Gasteiger partial charge >= 0.3 is 0 Å². The van der Waals surface area contributed by atoms with E-state index in [0.717, 1.165) is 4.31 Å². The summed E-state index contributed by atoms with van der Waals surface area (Å²) in [5, 5.41) is 13.6. The van der Waals surface area contributed by atoms with Crippen molar-refractivity contribution in [1.29, 1.82) is 0 Å². The average Bonchev–Trinajstić information content (AvgIpc) is 2.35. The van der Waals surface area contributed by atoms with E-state index < -0.39 is 15.1 Å². The molecule has 0 radical (unpaired) electrons. The highest BCUT2D eigenvalue weighted by Gasteiger charge is 2.12. The van der Waals surface area contributed by atoms with Gasteiger partial charge in [0.15, 0.2) is 0 Å². The number of anilines is 1. The molecule has 8 nitrogen and oxygen atoms in total. The molecular formula is C10H15ClN4O4S. The van der Waals surface area contributed by atoms with Crippen molar-refractivity contribution in [2.45, 2.75) is 0 Å². The lowest BCUT2D eigenvalue weighted by Gasteiger charge is -2.13. The fourth-order valence-electron chi connectivity index (χ4n) is 1.27. The molecule has 0 aliphatic rings. The average molecular weight is 323 g/mol. The van der Waals surface area contributed by atoms with E-state index in [9.17, 15) is 18.5 Å². The topological polar surface area (TPSA) is 105 Å². The molecule has 0 unspecified atom stereocenters. The summed E-state index contributed by atoms with van der Waals surface area (Å²) in [5.74, 6) is 0. The van der Waals surface area contributed by atoms with Gasteiger partial charge in [-0.1, -0.05) is 11.6 Å². The number of nitro groups is 1. The molecule has 0 saturated carbocycles. The Labute approximate surface area is 122 Å². The van der Waals surface area contributed by atoms with Gasteiger partial charge in [0.25, 0.3) is 15.9 Å². The fourth-order valence-corrected chi connectivity index (χ4v) is 2.13. The van der Waals surface area contributed by atoms with Crippen molar-refractivity contribution in [2.75, 3.05) is 32.5 Å². The molecule has 0 aliphatic heterocycles. The maximum atomic E-state index is 11.4. The van der Waals surface area contributed by atoms with Gasteiger partial charge in [-0.2, -0.15) is 12.7 Å². The molecule has 0 saturated heterocycles. The van der Waals surface area contributed by atoms with Gasteiger partial charge in [0.05, 0.1) is 15.6 Å². The largest absolute Gasteiger partial charge is 0.383 e. The molecule has 0 atom stereocenters. The van der Waals surface area contributed by atoms with Crippen molar-refractivity contribution >= 4 is 33.2 Å². The third-order valence-electron chi connectivity index (χ3n) is 2.37.